The number of Topliss-reactive ketones (excluding diaryl/α,β-unsaturated/α-hetero) is 1. The molecule has 70 heavy (non-hydrogen) atoms. The van der Waals surface area contributed by atoms with E-state index < -0.39 is 138 Å². The third-order valence-corrected chi connectivity index (χ3v) is 18.4. The second-order valence-electron chi connectivity index (χ2n) is 22.1. The predicted octanol–water partition coefficient (Wildman–Crippen LogP) is 3.54. The zero-order valence-electron chi connectivity index (χ0n) is 43.2. The Bertz CT molecular complexity index is 1890. The number of esters is 1. The fourth-order valence-electron chi connectivity index (χ4n) is 14.3. The maximum atomic E-state index is 13.1. The summed E-state index contributed by atoms with van der Waals surface area (Å²) in [5.41, 5.74) is -6.71. The summed E-state index contributed by atoms with van der Waals surface area (Å²) in [6.07, 6.45) is -3.66. The van der Waals surface area contributed by atoms with Crippen molar-refractivity contribution in [2.24, 2.45) is 16.7 Å². The van der Waals surface area contributed by atoms with Crippen molar-refractivity contribution in [1.82, 2.24) is 0 Å². The molecule has 16 unspecified atom stereocenters. The molecule has 0 radical (unpaired) electrons. The van der Waals surface area contributed by atoms with E-state index in [2.05, 4.69) is 6.92 Å². The Morgan fingerprint density at radius 1 is 0.629 bits per heavy atom. The number of hydrogen-bond acceptors (Lipinski definition) is 19. The molecule has 19 heteroatoms. The van der Waals surface area contributed by atoms with Crippen LogP contribution in [0.5, 0.6) is 0 Å². The van der Waals surface area contributed by atoms with Gasteiger partial charge in [-0.15, -0.1) is 0 Å². The largest absolute Gasteiger partial charge is 0.462 e. The summed E-state index contributed by atoms with van der Waals surface area (Å²) < 4.78 is 81.0. The number of methoxy groups -OCH3 is 4. The van der Waals surface area contributed by atoms with Crippen LogP contribution in [0.4, 0.5) is 0 Å². The zero-order valence-corrected chi connectivity index (χ0v) is 43.2. The lowest BCUT2D eigenvalue weighted by Gasteiger charge is -2.67. The molecule has 0 aromatic carbocycles. The number of ether oxygens (including phenoxy) is 13. The van der Waals surface area contributed by atoms with Crippen LogP contribution < -0.4 is 0 Å². The Kier molecular flexibility index (Phi) is 16.2. The minimum atomic E-state index is -1.98. The molecule has 0 amide bonds. The smallest absolute Gasteiger partial charge is 0.302 e. The minimum Gasteiger partial charge on any atom is -0.462 e. The minimum absolute atomic E-state index is 0.0177. The van der Waals surface area contributed by atoms with E-state index in [-0.39, 0.29) is 44.0 Å². The van der Waals surface area contributed by atoms with Crippen molar-refractivity contribution in [2.75, 3.05) is 28.4 Å². The van der Waals surface area contributed by atoms with E-state index >= 15 is 0 Å². The van der Waals surface area contributed by atoms with Crippen LogP contribution in [-0.2, 0) is 71.2 Å². The zero-order chi connectivity index (χ0) is 50.9. The lowest BCUT2D eigenvalue weighted by atomic mass is 9.42. The summed E-state index contributed by atoms with van der Waals surface area (Å²) in [6, 6.07) is 0. The van der Waals surface area contributed by atoms with Crippen molar-refractivity contribution in [3.8, 4) is 0 Å². The lowest BCUT2D eigenvalue weighted by Crippen LogP contribution is -2.78. The second-order valence-corrected chi connectivity index (χ2v) is 22.1. The van der Waals surface area contributed by atoms with Crippen LogP contribution in [0.15, 0.2) is 11.6 Å². The van der Waals surface area contributed by atoms with Gasteiger partial charge < -0.3 is 82.0 Å². The van der Waals surface area contributed by atoms with Crippen molar-refractivity contribution in [3.63, 3.8) is 0 Å². The van der Waals surface area contributed by atoms with Gasteiger partial charge in [0.1, 0.15) is 47.3 Å². The van der Waals surface area contributed by atoms with Gasteiger partial charge in [0.2, 0.25) is 0 Å². The summed E-state index contributed by atoms with van der Waals surface area (Å²) in [6.45, 7) is 13.8. The Balaban J connectivity index is 0.862. The van der Waals surface area contributed by atoms with Crippen LogP contribution in [0.2, 0.25) is 0 Å². The van der Waals surface area contributed by atoms with Crippen LogP contribution in [-0.4, -0.2) is 188 Å². The van der Waals surface area contributed by atoms with Gasteiger partial charge >= 0.3 is 5.97 Å². The van der Waals surface area contributed by atoms with Crippen LogP contribution in [0, 0.1) is 16.7 Å². The summed E-state index contributed by atoms with van der Waals surface area (Å²) in [5, 5.41) is 47.7. The van der Waals surface area contributed by atoms with E-state index in [9.17, 15) is 30.0 Å². The summed E-state index contributed by atoms with van der Waals surface area (Å²) >= 11 is 0. The van der Waals surface area contributed by atoms with Crippen molar-refractivity contribution in [3.05, 3.63) is 11.6 Å². The summed E-state index contributed by atoms with van der Waals surface area (Å²) in [5.74, 6) is -1.64. The molecule has 24 atom stereocenters. The van der Waals surface area contributed by atoms with Gasteiger partial charge in [0.15, 0.2) is 30.9 Å². The van der Waals surface area contributed by atoms with E-state index in [1.807, 2.05) is 26.8 Å². The first-order valence-electron chi connectivity index (χ1n) is 25.6. The molecular formula is C51H82O19. The number of fused-ring (bicyclic) bond motifs is 5. The molecule has 4 saturated heterocycles. The highest BCUT2D eigenvalue weighted by Gasteiger charge is 2.81. The van der Waals surface area contributed by atoms with Crippen molar-refractivity contribution >= 4 is 11.8 Å². The second kappa shape index (κ2) is 20.8. The molecule has 4 heterocycles. The fourth-order valence-corrected chi connectivity index (χ4v) is 14.3. The normalized spacial score (nSPS) is 51.7. The number of aliphatic hydroxyl groups is 4. The van der Waals surface area contributed by atoms with Gasteiger partial charge in [0.25, 0.3) is 0 Å². The van der Waals surface area contributed by atoms with Gasteiger partial charge in [-0.1, -0.05) is 18.6 Å². The highest BCUT2D eigenvalue weighted by atomic mass is 16.8. The number of rotatable bonds is 14. The third kappa shape index (κ3) is 9.29. The maximum absolute atomic E-state index is 13.1. The van der Waals surface area contributed by atoms with Gasteiger partial charge in [-0.25, -0.2) is 0 Å². The average molecular weight is 999 g/mol. The Hall–Kier alpha value is -1.76. The van der Waals surface area contributed by atoms with Crippen molar-refractivity contribution < 1.29 is 91.6 Å². The predicted molar refractivity (Wildman–Crippen MR) is 246 cm³/mol. The lowest BCUT2D eigenvalue weighted by molar-refractivity contribution is -0.347. The van der Waals surface area contributed by atoms with Crippen LogP contribution >= 0.6 is 0 Å². The molecule has 19 nitrogen and oxygen atoms in total. The highest BCUT2D eigenvalue weighted by molar-refractivity contribution is 5.87. The molecule has 8 aliphatic rings. The molecule has 0 bridgehead atoms. The average Bonchev–Trinajstić information content (AvgIpc) is 3.54. The number of carbonyl (C=O) groups excluding carboxylic acids is 2. The standard InChI is InChI=1S/C51H82O19/c1-25-43(54)33(58-9)20-40(62-25)68-45-27(3)64-42(22-35(45)60-11)70-46-28(4)65-41(23-36(46)61-12)69-44-26(2)63-39(21-34(44)59-10)67-32-14-15-47(7)31(19-32)13-16-50(56)37(47)24-38(66-30(6)53)48(8)49(55,29(5)52)17-18-51(48,50)57/h13,25-28,32-46,54-57H,14-24H2,1-12H3/t25?,26?,27?,28?,32-,33?,34?,35?,36?,37+,38+,39?,40?,41?,42?,43?,44?,45?,46?,47-,48+,49+,50-,51+/m0/s1. The summed E-state index contributed by atoms with van der Waals surface area (Å²) in [4.78, 5) is 25.6. The fraction of sp³-hybridized carbons (Fsp3) is 0.922. The van der Waals surface area contributed by atoms with Gasteiger partial charge in [0, 0.05) is 67.0 Å². The highest BCUT2D eigenvalue weighted by Crippen LogP contribution is 2.71. The third-order valence-electron chi connectivity index (χ3n) is 18.4. The topological polar surface area (TPSA) is 235 Å². The van der Waals surface area contributed by atoms with E-state index in [1.165, 1.54) is 13.8 Å². The maximum Gasteiger partial charge on any atom is 0.302 e. The van der Waals surface area contributed by atoms with E-state index in [0.29, 0.717) is 44.9 Å². The van der Waals surface area contributed by atoms with E-state index in [4.69, 9.17) is 61.6 Å². The molecule has 400 valence electrons. The van der Waals surface area contributed by atoms with E-state index in [0.717, 1.165) is 5.57 Å². The monoisotopic (exact) mass is 999 g/mol. The summed E-state index contributed by atoms with van der Waals surface area (Å²) in [7, 11) is 6.48. The molecule has 4 aliphatic heterocycles. The Labute approximate surface area is 412 Å². The van der Waals surface area contributed by atoms with Crippen LogP contribution in [0.3, 0.4) is 0 Å². The first kappa shape index (κ1) is 54.5. The Morgan fingerprint density at radius 3 is 1.54 bits per heavy atom. The molecule has 7 fully saturated rings. The number of hydrogen-bond donors (Lipinski definition) is 4. The SMILES string of the molecule is COC1CC(OC2C(C)OC(OC3C(C)OC(OC4C(C)OC(O[C@H]5CC[C@@]6(C)C(=CC[C@]7(O)[C@@H]6C[C@@H](OC(C)=O)[C@@]6(C)[C@]7(O)CC[C@@]6(O)C(C)=O)C5)CC4OC)CC3OC)CC2OC)OC(C)C1O. The Morgan fingerprint density at radius 2 is 1.09 bits per heavy atom. The number of carbonyl (C=O) groups is 2. The van der Waals surface area contributed by atoms with Crippen LogP contribution in [0.1, 0.15) is 126 Å². The van der Waals surface area contributed by atoms with Crippen LogP contribution in [0.25, 0.3) is 0 Å². The van der Waals surface area contributed by atoms with E-state index in [1.54, 1.807) is 42.3 Å². The van der Waals surface area contributed by atoms with Gasteiger partial charge in [-0.2, -0.15) is 0 Å². The van der Waals surface area contributed by atoms with Gasteiger partial charge in [0.05, 0.1) is 60.4 Å². The number of aliphatic hydroxyl groups excluding tert-OH is 1. The molecule has 0 spiro atoms. The first-order chi connectivity index (χ1) is 33.0. The molecule has 0 aromatic rings. The first-order valence-corrected chi connectivity index (χ1v) is 25.6. The molecule has 4 N–H and O–H groups in total. The quantitative estimate of drug-likeness (QED) is 0.144. The molecule has 3 saturated carbocycles. The molecule has 8 rings (SSSR count). The van der Waals surface area contributed by atoms with Gasteiger partial charge in [-0.3, -0.25) is 9.59 Å². The van der Waals surface area contributed by atoms with Crippen molar-refractivity contribution in [1.29, 1.82) is 0 Å². The number of ketones is 1. The molecule has 0 aromatic heterocycles. The van der Waals surface area contributed by atoms with Crippen molar-refractivity contribution in [2.45, 2.75) is 253 Å². The van der Waals surface area contributed by atoms with Gasteiger partial charge in [-0.05, 0) is 91.9 Å². The molecular weight excluding hydrogens is 917 g/mol. The molecule has 4 aliphatic carbocycles.